The van der Waals surface area contributed by atoms with Gasteiger partial charge in [0, 0.05) is 19.2 Å². The number of sulfone groups is 1. The molecule has 3 aromatic rings. The summed E-state index contributed by atoms with van der Waals surface area (Å²) in [4.78, 5) is 11.3. The van der Waals surface area contributed by atoms with E-state index in [1.807, 2.05) is 25.1 Å². The molecule has 0 aliphatic carbocycles. The number of hydrogen-bond acceptors (Lipinski definition) is 9. The van der Waals surface area contributed by atoms with Gasteiger partial charge in [-0.05, 0) is 64.9 Å². The average molecular weight is 560 g/mol. The van der Waals surface area contributed by atoms with Crippen molar-refractivity contribution in [3.8, 4) is 11.5 Å². The minimum Gasteiger partial charge on any atom is -0.492 e. The molecule has 0 saturated carbocycles. The number of anilines is 4. The quantitative estimate of drug-likeness (QED) is 0.325. The molecule has 1 fully saturated rings. The van der Waals surface area contributed by atoms with Crippen molar-refractivity contribution in [2.45, 2.75) is 49.9 Å². The highest BCUT2D eigenvalue weighted by molar-refractivity contribution is 7.92. The zero-order valence-electron chi connectivity index (χ0n) is 22.1. The molecule has 2 heterocycles. The zero-order valence-corrected chi connectivity index (χ0v) is 23.6. The number of nitrogens with zero attached hydrogens (tertiary/aromatic N) is 3. The standard InChI is InChI=1S/C27H34ClN5O4S/c1-5-36-24-16-20(37-19-12-14-33(4)15-13-19)10-11-22(24)31-27-29-17-21(28)26(32-27)30-23-8-6-7-9-25(23)38(34,35)18(2)3/h6-11,16-19H,5,12-15H2,1-4H3,(H2,29,30,31,32). The van der Waals surface area contributed by atoms with Crippen molar-refractivity contribution in [2.24, 2.45) is 0 Å². The molecule has 2 N–H and O–H groups in total. The number of nitrogens with one attached hydrogen (secondary N) is 2. The molecule has 38 heavy (non-hydrogen) atoms. The summed E-state index contributed by atoms with van der Waals surface area (Å²) in [7, 11) is -1.40. The highest BCUT2D eigenvalue weighted by Crippen LogP contribution is 2.34. The maximum absolute atomic E-state index is 12.9. The van der Waals surface area contributed by atoms with Crippen LogP contribution in [0.4, 0.5) is 23.1 Å². The average Bonchev–Trinajstić information content (AvgIpc) is 2.89. The summed E-state index contributed by atoms with van der Waals surface area (Å²) in [5.41, 5.74) is 1.05. The van der Waals surface area contributed by atoms with Gasteiger partial charge >= 0.3 is 0 Å². The number of aromatic nitrogens is 2. The molecule has 0 radical (unpaired) electrons. The van der Waals surface area contributed by atoms with Gasteiger partial charge in [0.15, 0.2) is 15.7 Å². The van der Waals surface area contributed by atoms with E-state index in [2.05, 4.69) is 32.5 Å². The van der Waals surface area contributed by atoms with Gasteiger partial charge in [-0.2, -0.15) is 4.98 Å². The minimum atomic E-state index is -3.52. The summed E-state index contributed by atoms with van der Waals surface area (Å²) in [6, 6.07) is 12.3. The maximum atomic E-state index is 12.9. The molecule has 9 nitrogen and oxygen atoms in total. The Morgan fingerprint density at radius 3 is 2.55 bits per heavy atom. The summed E-state index contributed by atoms with van der Waals surface area (Å²) < 4.78 is 37.8. The Morgan fingerprint density at radius 1 is 1.11 bits per heavy atom. The van der Waals surface area contributed by atoms with E-state index >= 15 is 0 Å². The molecule has 1 aliphatic rings. The van der Waals surface area contributed by atoms with Gasteiger partial charge in [-0.15, -0.1) is 0 Å². The van der Waals surface area contributed by atoms with Crippen LogP contribution in [0, 0.1) is 0 Å². The Morgan fingerprint density at radius 2 is 1.84 bits per heavy atom. The van der Waals surface area contributed by atoms with Crippen molar-refractivity contribution in [1.29, 1.82) is 0 Å². The number of rotatable bonds is 10. The topological polar surface area (TPSA) is 106 Å². The Labute approximate surface area is 229 Å². The summed E-state index contributed by atoms with van der Waals surface area (Å²) in [6.07, 6.45) is 3.60. The minimum absolute atomic E-state index is 0.176. The largest absolute Gasteiger partial charge is 0.492 e. The van der Waals surface area contributed by atoms with E-state index in [1.54, 1.807) is 38.1 Å². The first kappa shape index (κ1) is 27.9. The third-order valence-corrected chi connectivity index (χ3v) is 8.77. The molecule has 2 aromatic carbocycles. The summed E-state index contributed by atoms with van der Waals surface area (Å²) in [5.74, 6) is 1.90. The highest BCUT2D eigenvalue weighted by atomic mass is 35.5. The molecule has 11 heteroatoms. The van der Waals surface area contributed by atoms with Crippen molar-refractivity contribution < 1.29 is 17.9 Å². The molecule has 0 bridgehead atoms. The first-order chi connectivity index (χ1) is 18.2. The van der Waals surface area contributed by atoms with Crippen LogP contribution in [0.1, 0.15) is 33.6 Å². The molecule has 0 spiro atoms. The van der Waals surface area contributed by atoms with E-state index in [0.29, 0.717) is 23.7 Å². The van der Waals surface area contributed by atoms with E-state index in [1.165, 1.54) is 6.20 Å². The second-order valence-corrected chi connectivity index (χ2v) is 12.3. The number of ether oxygens (including phenoxy) is 2. The normalized spacial score (nSPS) is 14.9. The van der Waals surface area contributed by atoms with Gasteiger partial charge in [0.25, 0.3) is 0 Å². The number of para-hydroxylation sites is 1. The smallest absolute Gasteiger partial charge is 0.229 e. The Balaban J connectivity index is 1.56. The van der Waals surface area contributed by atoms with Gasteiger partial charge in [-0.25, -0.2) is 13.4 Å². The zero-order chi connectivity index (χ0) is 27.3. The van der Waals surface area contributed by atoms with Crippen LogP contribution < -0.4 is 20.1 Å². The molecule has 204 valence electrons. The second kappa shape index (κ2) is 12.2. The van der Waals surface area contributed by atoms with Crippen molar-refractivity contribution >= 4 is 44.6 Å². The molecule has 4 rings (SSSR count). The predicted molar refractivity (Wildman–Crippen MR) is 151 cm³/mol. The molecule has 1 aliphatic heterocycles. The third-order valence-electron chi connectivity index (χ3n) is 6.28. The fourth-order valence-electron chi connectivity index (χ4n) is 4.08. The van der Waals surface area contributed by atoms with Crippen molar-refractivity contribution in [2.75, 3.05) is 37.4 Å². The first-order valence-electron chi connectivity index (χ1n) is 12.7. The lowest BCUT2D eigenvalue weighted by atomic mass is 10.1. The molecule has 0 unspecified atom stereocenters. The van der Waals surface area contributed by atoms with Crippen LogP contribution >= 0.6 is 11.6 Å². The fourth-order valence-corrected chi connectivity index (χ4v) is 5.42. The SMILES string of the molecule is CCOc1cc(OC2CCN(C)CC2)ccc1Nc1ncc(Cl)c(Nc2ccccc2S(=O)(=O)C(C)C)n1. The maximum Gasteiger partial charge on any atom is 0.229 e. The number of likely N-dealkylation sites (tertiary alicyclic amines) is 1. The van der Waals surface area contributed by atoms with Gasteiger partial charge in [0.1, 0.15) is 22.6 Å². The molecule has 1 aromatic heterocycles. The van der Waals surface area contributed by atoms with E-state index in [0.717, 1.165) is 31.7 Å². The number of benzene rings is 2. The van der Waals surface area contributed by atoms with Gasteiger partial charge in [-0.1, -0.05) is 23.7 Å². The lowest BCUT2D eigenvalue weighted by Gasteiger charge is -2.29. The van der Waals surface area contributed by atoms with Gasteiger partial charge in [0.05, 0.1) is 34.3 Å². The molecule has 0 amide bonds. The molecular formula is C27H34ClN5O4S. The molecule has 0 atom stereocenters. The van der Waals surface area contributed by atoms with E-state index in [4.69, 9.17) is 21.1 Å². The van der Waals surface area contributed by atoms with Crippen LogP contribution in [-0.4, -0.2) is 61.4 Å². The lowest BCUT2D eigenvalue weighted by molar-refractivity contribution is 0.114. The van der Waals surface area contributed by atoms with Crippen LogP contribution in [-0.2, 0) is 9.84 Å². The highest BCUT2D eigenvalue weighted by Gasteiger charge is 2.23. The Bertz CT molecular complexity index is 1360. The third kappa shape index (κ3) is 6.67. The fraction of sp³-hybridized carbons (Fsp3) is 0.407. The predicted octanol–water partition coefficient (Wildman–Crippen LogP) is 5.67. The second-order valence-electron chi connectivity index (χ2n) is 9.44. The van der Waals surface area contributed by atoms with Crippen molar-refractivity contribution in [1.82, 2.24) is 14.9 Å². The summed E-state index contributed by atoms with van der Waals surface area (Å²) in [6.45, 7) is 7.71. The monoisotopic (exact) mass is 559 g/mol. The first-order valence-corrected chi connectivity index (χ1v) is 14.6. The van der Waals surface area contributed by atoms with E-state index in [-0.39, 0.29) is 27.8 Å². The number of hydrogen-bond donors (Lipinski definition) is 2. The van der Waals surface area contributed by atoms with Crippen LogP contribution in [0.15, 0.2) is 53.6 Å². The van der Waals surface area contributed by atoms with Crippen molar-refractivity contribution in [3.05, 3.63) is 53.7 Å². The lowest BCUT2D eigenvalue weighted by Crippen LogP contribution is -2.35. The summed E-state index contributed by atoms with van der Waals surface area (Å²) in [5, 5.41) is 5.93. The number of halogens is 1. The Hall–Kier alpha value is -3.08. The summed E-state index contributed by atoms with van der Waals surface area (Å²) >= 11 is 6.37. The van der Waals surface area contributed by atoms with Crippen LogP contribution in [0.5, 0.6) is 11.5 Å². The molecule has 1 saturated heterocycles. The van der Waals surface area contributed by atoms with E-state index < -0.39 is 15.1 Å². The van der Waals surface area contributed by atoms with Crippen molar-refractivity contribution in [3.63, 3.8) is 0 Å². The Kier molecular flexibility index (Phi) is 8.96. The van der Waals surface area contributed by atoms with Crippen LogP contribution in [0.3, 0.4) is 0 Å². The van der Waals surface area contributed by atoms with Crippen LogP contribution in [0.2, 0.25) is 5.02 Å². The molecular weight excluding hydrogens is 526 g/mol. The van der Waals surface area contributed by atoms with Crippen LogP contribution in [0.25, 0.3) is 0 Å². The van der Waals surface area contributed by atoms with Gasteiger partial charge in [-0.3, -0.25) is 0 Å². The number of piperidine rings is 1. The van der Waals surface area contributed by atoms with E-state index in [9.17, 15) is 8.42 Å². The van der Waals surface area contributed by atoms with Gasteiger partial charge in [0.2, 0.25) is 5.95 Å². The van der Waals surface area contributed by atoms with Gasteiger partial charge < -0.3 is 25.0 Å².